The molecule has 1 saturated carbocycles. The lowest BCUT2D eigenvalue weighted by molar-refractivity contribution is 0.363. The fraction of sp³-hybridized carbons (Fsp3) is 0.290. The summed E-state index contributed by atoms with van der Waals surface area (Å²) in [4.78, 5) is 0. The summed E-state index contributed by atoms with van der Waals surface area (Å²) < 4.78 is 49.2. The van der Waals surface area contributed by atoms with E-state index < -0.39 is 11.6 Å². The second kappa shape index (κ2) is 10.2. The van der Waals surface area contributed by atoms with Crippen molar-refractivity contribution < 1.29 is 17.9 Å². The first kappa shape index (κ1) is 23.6. The maximum atomic E-state index is 14.9. The van der Waals surface area contributed by atoms with Gasteiger partial charge in [-0.05, 0) is 72.8 Å². The standard InChI is InChI=1S/C31H29F3O/c1-2-3-20-6-11-23(12-7-20)26-16-14-24(30(33)31(26)34)13-8-21-4-9-22(10-5-21)25-15-17-27(28(32)18-25)29-19-35-29/h2-5,8-10,13-18,20,23,29H,6-7,11-12,19H2,1H3/b3-2+,13-8+. The van der Waals surface area contributed by atoms with Gasteiger partial charge in [-0.3, -0.25) is 0 Å². The highest BCUT2D eigenvalue weighted by molar-refractivity contribution is 5.72. The van der Waals surface area contributed by atoms with E-state index in [1.807, 2.05) is 37.3 Å². The van der Waals surface area contributed by atoms with Gasteiger partial charge < -0.3 is 4.74 Å². The maximum Gasteiger partial charge on any atom is 0.166 e. The molecule has 4 heteroatoms. The lowest BCUT2D eigenvalue weighted by Gasteiger charge is -2.27. The molecule has 0 aromatic heterocycles. The summed E-state index contributed by atoms with van der Waals surface area (Å²) in [5, 5.41) is 0. The number of hydrogen-bond acceptors (Lipinski definition) is 1. The minimum atomic E-state index is -0.791. The van der Waals surface area contributed by atoms with Crippen LogP contribution < -0.4 is 0 Å². The molecule has 180 valence electrons. The van der Waals surface area contributed by atoms with Crippen LogP contribution in [0.15, 0.2) is 66.7 Å². The Morgan fingerprint density at radius 3 is 2.11 bits per heavy atom. The van der Waals surface area contributed by atoms with E-state index in [9.17, 15) is 13.2 Å². The molecule has 3 aromatic carbocycles. The Morgan fingerprint density at radius 2 is 1.46 bits per heavy atom. The predicted octanol–water partition coefficient (Wildman–Crippen LogP) is 8.86. The summed E-state index contributed by atoms with van der Waals surface area (Å²) >= 11 is 0. The first-order chi connectivity index (χ1) is 17.0. The van der Waals surface area contributed by atoms with Crippen LogP contribution >= 0.6 is 0 Å². The summed E-state index contributed by atoms with van der Waals surface area (Å²) in [7, 11) is 0. The predicted molar refractivity (Wildman–Crippen MR) is 135 cm³/mol. The molecule has 0 radical (unpaired) electrons. The lowest BCUT2D eigenvalue weighted by Crippen LogP contribution is -2.13. The van der Waals surface area contributed by atoms with Gasteiger partial charge in [-0.15, -0.1) is 0 Å². The monoisotopic (exact) mass is 474 g/mol. The average Bonchev–Trinajstić information content (AvgIpc) is 3.71. The van der Waals surface area contributed by atoms with Crippen LogP contribution in [0.3, 0.4) is 0 Å². The topological polar surface area (TPSA) is 12.5 Å². The van der Waals surface area contributed by atoms with E-state index in [2.05, 4.69) is 12.2 Å². The number of ether oxygens (including phenoxy) is 1. The lowest BCUT2D eigenvalue weighted by atomic mass is 9.78. The molecule has 3 aromatic rings. The minimum absolute atomic E-state index is 0.0762. The van der Waals surface area contributed by atoms with Crippen LogP contribution in [-0.2, 0) is 4.74 Å². The van der Waals surface area contributed by atoms with Crippen molar-refractivity contribution in [2.24, 2.45) is 5.92 Å². The number of allylic oxidation sites excluding steroid dienone is 2. The Kier molecular flexibility index (Phi) is 6.92. The minimum Gasteiger partial charge on any atom is -0.368 e. The molecule has 0 bridgehead atoms. The van der Waals surface area contributed by atoms with E-state index >= 15 is 0 Å². The van der Waals surface area contributed by atoms with Gasteiger partial charge in [-0.2, -0.15) is 0 Å². The van der Waals surface area contributed by atoms with Gasteiger partial charge in [0.2, 0.25) is 0 Å². The SMILES string of the molecule is C/C=C/C1CCC(c2ccc(/C=C/c3ccc(-c4ccc(C5CO5)c(F)c4)cc3)c(F)c2F)CC1. The van der Waals surface area contributed by atoms with E-state index in [-0.39, 0.29) is 23.4 Å². The van der Waals surface area contributed by atoms with Crippen LogP contribution in [0.4, 0.5) is 13.2 Å². The molecule has 1 saturated heterocycles. The molecule has 5 rings (SSSR count). The molecular formula is C31H29F3O. The van der Waals surface area contributed by atoms with Gasteiger partial charge >= 0.3 is 0 Å². The molecule has 0 amide bonds. The quantitative estimate of drug-likeness (QED) is 0.197. The largest absolute Gasteiger partial charge is 0.368 e. The van der Waals surface area contributed by atoms with Gasteiger partial charge in [0.15, 0.2) is 11.6 Å². The first-order valence-corrected chi connectivity index (χ1v) is 12.3. The molecule has 1 aliphatic heterocycles. The summed E-state index contributed by atoms with van der Waals surface area (Å²) in [6.45, 7) is 2.59. The Hall–Kier alpha value is -3.11. The summed E-state index contributed by atoms with van der Waals surface area (Å²) in [5.41, 5.74) is 3.84. The number of benzene rings is 3. The van der Waals surface area contributed by atoms with Gasteiger partial charge in [-0.25, -0.2) is 13.2 Å². The molecule has 1 aliphatic carbocycles. The molecule has 1 heterocycles. The number of epoxide rings is 1. The molecule has 1 unspecified atom stereocenters. The molecule has 2 aliphatic rings. The van der Waals surface area contributed by atoms with Gasteiger partial charge in [0, 0.05) is 11.1 Å². The number of hydrogen-bond donors (Lipinski definition) is 0. The summed E-state index contributed by atoms with van der Waals surface area (Å²) in [6.07, 6.45) is 11.3. The first-order valence-electron chi connectivity index (χ1n) is 12.3. The van der Waals surface area contributed by atoms with Crippen molar-refractivity contribution in [3.8, 4) is 11.1 Å². The fourth-order valence-electron chi connectivity index (χ4n) is 5.09. The third kappa shape index (κ3) is 5.28. The maximum absolute atomic E-state index is 14.9. The van der Waals surface area contributed by atoms with Crippen LogP contribution in [0.5, 0.6) is 0 Å². The highest BCUT2D eigenvalue weighted by atomic mass is 19.2. The van der Waals surface area contributed by atoms with Crippen molar-refractivity contribution in [3.05, 3.63) is 106 Å². The summed E-state index contributed by atoms with van der Waals surface area (Å²) in [5.74, 6) is -1.15. The average molecular weight is 475 g/mol. The summed E-state index contributed by atoms with van der Waals surface area (Å²) in [6, 6.07) is 16.1. The molecule has 2 fully saturated rings. The van der Waals surface area contributed by atoms with Crippen LogP contribution in [0.2, 0.25) is 0 Å². The number of halogens is 3. The third-order valence-electron chi connectivity index (χ3n) is 7.20. The van der Waals surface area contributed by atoms with Crippen LogP contribution in [0, 0.1) is 23.4 Å². The molecule has 0 N–H and O–H groups in total. The molecule has 35 heavy (non-hydrogen) atoms. The molecule has 0 spiro atoms. The Bertz CT molecular complexity index is 1250. The van der Waals surface area contributed by atoms with E-state index in [4.69, 9.17) is 4.74 Å². The smallest absolute Gasteiger partial charge is 0.166 e. The number of rotatable bonds is 6. The fourth-order valence-corrected chi connectivity index (χ4v) is 5.09. The van der Waals surface area contributed by atoms with Crippen LogP contribution in [-0.4, -0.2) is 6.61 Å². The molecular weight excluding hydrogens is 445 g/mol. The second-order valence-corrected chi connectivity index (χ2v) is 9.52. The Morgan fingerprint density at radius 1 is 0.771 bits per heavy atom. The van der Waals surface area contributed by atoms with E-state index in [1.165, 1.54) is 6.07 Å². The van der Waals surface area contributed by atoms with Gasteiger partial charge in [-0.1, -0.05) is 72.8 Å². The normalized spacial score (nSPS) is 22.2. The Labute approximate surface area is 205 Å². The van der Waals surface area contributed by atoms with Crippen molar-refractivity contribution in [3.63, 3.8) is 0 Å². The van der Waals surface area contributed by atoms with Crippen molar-refractivity contribution in [1.82, 2.24) is 0 Å². The van der Waals surface area contributed by atoms with Gasteiger partial charge in [0.05, 0.1) is 6.61 Å². The van der Waals surface area contributed by atoms with E-state index in [1.54, 1.807) is 30.4 Å². The molecule has 1 atom stereocenters. The van der Waals surface area contributed by atoms with E-state index in [0.717, 1.165) is 42.4 Å². The van der Waals surface area contributed by atoms with Crippen molar-refractivity contribution in [2.75, 3.05) is 6.61 Å². The zero-order valence-corrected chi connectivity index (χ0v) is 19.8. The van der Waals surface area contributed by atoms with Crippen molar-refractivity contribution >= 4 is 12.2 Å². The van der Waals surface area contributed by atoms with E-state index in [0.29, 0.717) is 23.7 Å². The highest BCUT2D eigenvalue weighted by Crippen LogP contribution is 2.38. The zero-order chi connectivity index (χ0) is 24.4. The van der Waals surface area contributed by atoms with Gasteiger partial charge in [0.1, 0.15) is 11.9 Å². The van der Waals surface area contributed by atoms with Crippen LogP contribution in [0.25, 0.3) is 23.3 Å². The highest BCUT2D eigenvalue weighted by Gasteiger charge is 2.28. The molecule has 1 nitrogen and oxygen atoms in total. The third-order valence-corrected chi connectivity index (χ3v) is 7.20. The van der Waals surface area contributed by atoms with Crippen molar-refractivity contribution in [2.45, 2.75) is 44.6 Å². The zero-order valence-electron chi connectivity index (χ0n) is 19.8. The Balaban J connectivity index is 1.27. The second-order valence-electron chi connectivity index (χ2n) is 9.52. The van der Waals surface area contributed by atoms with Crippen LogP contribution in [0.1, 0.15) is 66.9 Å². The van der Waals surface area contributed by atoms with Crippen molar-refractivity contribution in [1.29, 1.82) is 0 Å². The van der Waals surface area contributed by atoms with Gasteiger partial charge in [0.25, 0.3) is 0 Å².